The van der Waals surface area contributed by atoms with Gasteiger partial charge in [0.2, 0.25) is 0 Å². The fourth-order valence-electron chi connectivity index (χ4n) is 2.23. The fraction of sp³-hybridized carbons (Fsp3) is 0.250. The second-order valence-electron chi connectivity index (χ2n) is 4.79. The molecule has 0 saturated carbocycles. The molecule has 4 heteroatoms. The van der Waals surface area contributed by atoms with E-state index >= 15 is 0 Å². The van der Waals surface area contributed by atoms with Gasteiger partial charge in [0.1, 0.15) is 5.82 Å². The fourth-order valence-corrected chi connectivity index (χ4v) is 2.23. The Labute approximate surface area is 118 Å². The number of benzene rings is 1. The summed E-state index contributed by atoms with van der Waals surface area (Å²) in [4.78, 5) is 4.34. The lowest BCUT2D eigenvalue weighted by molar-refractivity contribution is 0.813. The average molecular weight is 266 g/mol. The molecule has 0 fully saturated rings. The number of nitrogens with one attached hydrogen (secondary N) is 1. The molecular formula is C16H18N4. The Morgan fingerprint density at radius 3 is 3.00 bits per heavy atom. The van der Waals surface area contributed by atoms with Crippen LogP contribution < -0.4 is 5.32 Å². The summed E-state index contributed by atoms with van der Waals surface area (Å²) < 4.78 is 1.93. The summed E-state index contributed by atoms with van der Waals surface area (Å²) in [5.74, 6) is 1.03. The molecule has 1 N–H and O–H groups in total. The zero-order valence-electron chi connectivity index (χ0n) is 11.6. The smallest absolute Gasteiger partial charge is 0.129 e. The van der Waals surface area contributed by atoms with Crippen LogP contribution in [0.3, 0.4) is 0 Å². The maximum atomic E-state index is 4.41. The topological polar surface area (TPSA) is 42.7 Å². The maximum absolute atomic E-state index is 4.41. The van der Waals surface area contributed by atoms with E-state index in [2.05, 4.69) is 34.5 Å². The Balaban J connectivity index is 1.92. The minimum atomic E-state index is 0.970. The van der Waals surface area contributed by atoms with Crippen LogP contribution in [0.15, 0.2) is 48.8 Å². The molecule has 0 unspecified atom stereocenters. The third kappa shape index (κ3) is 2.50. The van der Waals surface area contributed by atoms with Crippen LogP contribution in [0.4, 0.5) is 5.82 Å². The zero-order valence-corrected chi connectivity index (χ0v) is 11.6. The summed E-state index contributed by atoms with van der Waals surface area (Å²) >= 11 is 0. The van der Waals surface area contributed by atoms with Crippen molar-refractivity contribution in [2.45, 2.75) is 19.8 Å². The number of rotatable bonds is 5. The van der Waals surface area contributed by atoms with Crippen LogP contribution in [-0.2, 0) is 0 Å². The molecule has 0 aliphatic rings. The molecule has 0 saturated heterocycles. The van der Waals surface area contributed by atoms with Gasteiger partial charge in [-0.2, -0.15) is 5.10 Å². The monoisotopic (exact) mass is 266 g/mol. The predicted octanol–water partition coefficient (Wildman–Crippen LogP) is 3.63. The van der Waals surface area contributed by atoms with Crippen LogP contribution in [0.1, 0.15) is 19.8 Å². The van der Waals surface area contributed by atoms with Crippen LogP contribution in [0.25, 0.3) is 16.6 Å². The lowest BCUT2D eigenvalue weighted by atomic mass is 10.2. The van der Waals surface area contributed by atoms with Crippen LogP contribution >= 0.6 is 0 Å². The van der Waals surface area contributed by atoms with Crippen LogP contribution in [0.5, 0.6) is 0 Å². The first-order valence-electron chi connectivity index (χ1n) is 7.01. The van der Waals surface area contributed by atoms with Gasteiger partial charge >= 0.3 is 0 Å². The van der Waals surface area contributed by atoms with E-state index in [9.17, 15) is 0 Å². The van der Waals surface area contributed by atoms with Crippen LogP contribution in [0.2, 0.25) is 0 Å². The highest BCUT2D eigenvalue weighted by Gasteiger charge is 2.05. The highest BCUT2D eigenvalue weighted by atomic mass is 15.3. The number of aromatic nitrogens is 3. The van der Waals surface area contributed by atoms with E-state index in [0.717, 1.165) is 35.4 Å². The Hall–Kier alpha value is -2.36. The van der Waals surface area contributed by atoms with Crippen molar-refractivity contribution in [2.24, 2.45) is 0 Å². The van der Waals surface area contributed by atoms with Gasteiger partial charge in [-0.1, -0.05) is 19.4 Å². The van der Waals surface area contributed by atoms with E-state index in [1.807, 2.05) is 41.3 Å². The van der Waals surface area contributed by atoms with Crippen LogP contribution in [-0.4, -0.2) is 21.3 Å². The summed E-state index contributed by atoms with van der Waals surface area (Å²) in [6.07, 6.45) is 5.98. The highest BCUT2D eigenvalue weighted by Crippen LogP contribution is 2.19. The minimum Gasteiger partial charge on any atom is -0.370 e. The lowest BCUT2D eigenvalue weighted by Gasteiger charge is -2.10. The number of unbranched alkanes of at least 4 members (excludes halogenated alkanes) is 1. The summed E-state index contributed by atoms with van der Waals surface area (Å²) in [6, 6.07) is 12.2. The first kappa shape index (κ1) is 12.7. The highest BCUT2D eigenvalue weighted by molar-refractivity contribution is 5.80. The molecule has 0 atom stereocenters. The van der Waals surface area contributed by atoms with Gasteiger partial charge in [0.25, 0.3) is 0 Å². The van der Waals surface area contributed by atoms with Crippen LogP contribution in [0, 0.1) is 0 Å². The third-order valence-corrected chi connectivity index (χ3v) is 3.31. The molecule has 3 rings (SSSR count). The molecule has 0 bridgehead atoms. The van der Waals surface area contributed by atoms with E-state index in [4.69, 9.17) is 0 Å². The largest absolute Gasteiger partial charge is 0.370 e. The molecule has 20 heavy (non-hydrogen) atoms. The number of fused-ring (bicyclic) bond motifs is 1. The molecule has 0 radical (unpaired) electrons. The molecule has 102 valence electrons. The van der Waals surface area contributed by atoms with Crippen molar-refractivity contribution in [3.8, 4) is 5.69 Å². The van der Waals surface area contributed by atoms with Crippen molar-refractivity contribution in [3.63, 3.8) is 0 Å². The molecule has 3 aromatic rings. The van der Waals surface area contributed by atoms with Gasteiger partial charge in [0.15, 0.2) is 0 Å². The van der Waals surface area contributed by atoms with Gasteiger partial charge < -0.3 is 5.32 Å². The van der Waals surface area contributed by atoms with E-state index in [1.165, 1.54) is 6.42 Å². The van der Waals surface area contributed by atoms with Crippen molar-refractivity contribution in [1.29, 1.82) is 0 Å². The number of hydrogen-bond donors (Lipinski definition) is 1. The van der Waals surface area contributed by atoms with E-state index < -0.39 is 0 Å². The van der Waals surface area contributed by atoms with Gasteiger partial charge in [0, 0.05) is 24.2 Å². The van der Waals surface area contributed by atoms with Crippen molar-refractivity contribution in [2.75, 3.05) is 11.9 Å². The molecular weight excluding hydrogens is 248 g/mol. The minimum absolute atomic E-state index is 0.970. The van der Waals surface area contributed by atoms with Crippen molar-refractivity contribution >= 4 is 16.7 Å². The second kappa shape index (κ2) is 5.74. The standard InChI is InChI=1S/C16H18N4/c1-2-3-9-18-16-8-11-19-20(16)14-6-7-15-13(12-14)5-4-10-17-15/h4-8,10-12,18H,2-3,9H2,1H3. The average Bonchev–Trinajstić information content (AvgIpc) is 2.95. The first-order valence-corrected chi connectivity index (χ1v) is 7.01. The van der Waals surface area contributed by atoms with Gasteiger partial charge in [-0.3, -0.25) is 4.98 Å². The lowest BCUT2D eigenvalue weighted by Crippen LogP contribution is -2.07. The van der Waals surface area contributed by atoms with E-state index in [0.29, 0.717) is 0 Å². The molecule has 1 aromatic carbocycles. The Morgan fingerprint density at radius 1 is 1.15 bits per heavy atom. The van der Waals surface area contributed by atoms with E-state index in [1.54, 1.807) is 0 Å². The molecule has 0 aliphatic carbocycles. The quantitative estimate of drug-likeness (QED) is 0.717. The van der Waals surface area contributed by atoms with Crippen molar-refractivity contribution in [3.05, 3.63) is 48.8 Å². The summed E-state index contributed by atoms with van der Waals surface area (Å²) in [5, 5.41) is 8.96. The first-order chi connectivity index (χ1) is 9.88. The molecule has 2 heterocycles. The molecule has 0 spiro atoms. The molecule has 2 aromatic heterocycles. The van der Waals surface area contributed by atoms with Gasteiger partial charge in [-0.15, -0.1) is 0 Å². The van der Waals surface area contributed by atoms with Gasteiger partial charge in [-0.25, -0.2) is 4.68 Å². The number of nitrogens with zero attached hydrogens (tertiary/aromatic N) is 3. The SMILES string of the molecule is CCCCNc1ccnn1-c1ccc2ncccc2c1. The maximum Gasteiger partial charge on any atom is 0.129 e. The predicted molar refractivity (Wildman–Crippen MR) is 82.3 cm³/mol. The Morgan fingerprint density at radius 2 is 2.10 bits per heavy atom. The molecule has 4 nitrogen and oxygen atoms in total. The number of anilines is 1. The van der Waals surface area contributed by atoms with E-state index in [-0.39, 0.29) is 0 Å². The Bertz CT molecular complexity index is 702. The summed E-state index contributed by atoms with van der Waals surface area (Å²) in [7, 11) is 0. The summed E-state index contributed by atoms with van der Waals surface area (Å²) in [5.41, 5.74) is 2.05. The van der Waals surface area contributed by atoms with Crippen molar-refractivity contribution in [1.82, 2.24) is 14.8 Å². The number of pyridine rings is 1. The number of hydrogen-bond acceptors (Lipinski definition) is 3. The zero-order chi connectivity index (χ0) is 13.8. The van der Waals surface area contributed by atoms with Crippen molar-refractivity contribution < 1.29 is 0 Å². The summed E-state index contributed by atoms with van der Waals surface area (Å²) in [6.45, 7) is 3.16. The third-order valence-electron chi connectivity index (χ3n) is 3.31. The Kier molecular flexibility index (Phi) is 3.63. The normalized spacial score (nSPS) is 10.8. The van der Waals surface area contributed by atoms with Gasteiger partial charge in [0.05, 0.1) is 17.4 Å². The molecule has 0 amide bonds. The second-order valence-corrected chi connectivity index (χ2v) is 4.79. The molecule has 0 aliphatic heterocycles. The van der Waals surface area contributed by atoms with Gasteiger partial charge in [-0.05, 0) is 30.7 Å².